The Bertz CT molecular complexity index is 564. The second kappa shape index (κ2) is 5.39. The van der Waals surface area contributed by atoms with Crippen LogP contribution in [0.2, 0.25) is 0 Å². The molecule has 1 aliphatic rings. The lowest BCUT2D eigenvalue weighted by Gasteiger charge is -2.33. The van der Waals surface area contributed by atoms with Gasteiger partial charge in [0.05, 0.1) is 5.60 Å². The second-order valence-corrected chi connectivity index (χ2v) is 7.34. The van der Waals surface area contributed by atoms with Crippen LogP contribution in [0, 0.1) is 0 Å². The molecule has 1 atom stereocenters. The molecule has 1 N–H and O–H groups in total. The third-order valence-corrected chi connectivity index (χ3v) is 5.39. The molecule has 100 valence electrons. The lowest BCUT2D eigenvalue weighted by molar-refractivity contribution is 0.0184. The molecule has 0 aliphatic heterocycles. The first-order chi connectivity index (χ1) is 9.15. The van der Waals surface area contributed by atoms with Crippen LogP contribution < -0.4 is 0 Å². The van der Waals surface area contributed by atoms with Crippen molar-refractivity contribution in [1.82, 2.24) is 0 Å². The highest BCUT2D eigenvalue weighted by molar-refractivity contribution is 9.10. The summed E-state index contributed by atoms with van der Waals surface area (Å²) in [7, 11) is 0. The fourth-order valence-electron chi connectivity index (χ4n) is 2.83. The molecule has 0 amide bonds. The van der Waals surface area contributed by atoms with E-state index in [2.05, 4.69) is 51.6 Å². The van der Waals surface area contributed by atoms with Gasteiger partial charge in [-0.3, -0.25) is 0 Å². The monoisotopic (exact) mass is 336 g/mol. The smallest absolute Gasteiger partial charge is 0.0694 e. The van der Waals surface area contributed by atoms with Gasteiger partial charge in [0.1, 0.15) is 0 Å². The molecule has 1 unspecified atom stereocenters. The molecule has 2 aromatic rings. The van der Waals surface area contributed by atoms with Crippen LogP contribution in [0.5, 0.6) is 0 Å². The van der Waals surface area contributed by atoms with Crippen molar-refractivity contribution in [2.45, 2.75) is 37.7 Å². The third kappa shape index (κ3) is 3.10. The maximum absolute atomic E-state index is 10.8. The van der Waals surface area contributed by atoms with E-state index in [1.54, 1.807) is 11.3 Å². The molecule has 0 fully saturated rings. The molecular weight excluding hydrogens is 320 g/mol. The molecule has 3 heteroatoms. The predicted molar refractivity (Wildman–Crippen MR) is 83.8 cm³/mol. The molecule has 1 aliphatic carbocycles. The molecule has 1 heterocycles. The first kappa shape index (κ1) is 13.3. The Morgan fingerprint density at radius 1 is 1.26 bits per heavy atom. The second-order valence-electron chi connectivity index (χ2n) is 5.39. The number of rotatable bonds is 3. The maximum atomic E-state index is 10.8. The standard InChI is InChI=1S/C16H17BrOS/c17-14-4-3-13-11-16(18,7-5-12(13)10-14)8-6-15-2-1-9-19-15/h1-4,9-10,18H,5-8,11H2. The Morgan fingerprint density at radius 3 is 2.95 bits per heavy atom. The van der Waals surface area contributed by atoms with Crippen LogP contribution in [0.25, 0.3) is 0 Å². The number of thiophene rings is 1. The van der Waals surface area contributed by atoms with Gasteiger partial charge in [-0.1, -0.05) is 28.1 Å². The number of aryl methyl sites for hydroxylation is 2. The van der Waals surface area contributed by atoms with Gasteiger partial charge >= 0.3 is 0 Å². The van der Waals surface area contributed by atoms with Gasteiger partial charge in [-0.2, -0.15) is 0 Å². The summed E-state index contributed by atoms with van der Waals surface area (Å²) in [5.41, 5.74) is 2.17. The summed E-state index contributed by atoms with van der Waals surface area (Å²) in [6.07, 6.45) is 4.50. The molecule has 1 nitrogen and oxygen atoms in total. The molecule has 0 saturated carbocycles. The van der Waals surface area contributed by atoms with Crippen LogP contribution in [-0.4, -0.2) is 10.7 Å². The number of fused-ring (bicyclic) bond motifs is 1. The topological polar surface area (TPSA) is 20.2 Å². The SMILES string of the molecule is OC1(CCc2cccs2)CCc2cc(Br)ccc2C1. The Kier molecular flexibility index (Phi) is 3.79. The van der Waals surface area contributed by atoms with Crippen molar-refractivity contribution >= 4 is 27.3 Å². The largest absolute Gasteiger partial charge is 0.390 e. The van der Waals surface area contributed by atoms with Gasteiger partial charge in [0.2, 0.25) is 0 Å². The molecule has 0 saturated heterocycles. The van der Waals surface area contributed by atoms with Gasteiger partial charge in [0.15, 0.2) is 0 Å². The summed E-state index contributed by atoms with van der Waals surface area (Å²) in [6, 6.07) is 10.6. The summed E-state index contributed by atoms with van der Waals surface area (Å²) in [5.74, 6) is 0. The third-order valence-electron chi connectivity index (χ3n) is 3.96. The highest BCUT2D eigenvalue weighted by atomic mass is 79.9. The Hall–Kier alpha value is -0.640. The fraction of sp³-hybridized carbons (Fsp3) is 0.375. The average Bonchev–Trinajstić information content (AvgIpc) is 2.90. The van der Waals surface area contributed by atoms with Crippen LogP contribution in [-0.2, 0) is 19.3 Å². The summed E-state index contributed by atoms with van der Waals surface area (Å²) in [4.78, 5) is 1.37. The summed E-state index contributed by atoms with van der Waals surface area (Å²) in [5, 5.41) is 12.9. The fourth-order valence-corrected chi connectivity index (χ4v) is 3.95. The van der Waals surface area contributed by atoms with Crippen molar-refractivity contribution in [2.75, 3.05) is 0 Å². The van der Waals surface area contributed by atoms with Crippen LogP contribution in [0.3, 0.4) is 0 Å². The highest BCUT2D eigenvalue weighted by Crippen LogP contribution is 2.33. The normalized spacial score (nSPS) is 22.2. The van der Waals surface area contributed by atoms with Gasteiger partial charge in [-0.05, 0) is 60.4 Å². The first-order valence-corrected chi connectivity index (χ1v) is 8.34. The molecule has 19 heavy (non-hydrogen) atoms. The van der Waals surface area contributed by atoms with Crippen molar-refractivity contribution in [1.29, 1.82) is 0 Å². The summed E-state index contributed by atoms with van der Waals surface area (Å²) < 4.78 is 1.13. The van der Waals surface area contributed by atoms with E-state index < -0.39 is 5.60 Å². The number of hydrogen-bond acceptors (Lipinski definition) is 2. The first-order valence-electron chi connectivity index (χ1n) is 6.67. The minimum Gasteiger partial charge on any atom is -0.390 e. The van der Waals surface area contributed by atoms with E-state index in [9.17, 15) is 5.11 Å². The number of aliphatic hydroxyl groups is 1. The van der Waals surface area contributed by atoms with Crippen LogP contribution >= 0.6 is 27.3 Å². The summed E-state index contributed by atoms with van der Waals surface area (Å²) in [6.45, 7) is 0. The molecule has 0 radical (unpaired) electrons. The molecule has 0 bridgehead atoms. The van der Waals surface area contributed by atoms with Gasteiger partial charge in [-0.25, -0.2) is 0 Å². The van der Waals surface area contributed by atoms with Crippen LogP contribution in [0.15, 0.2) is 40.2 Å². The Balaban J connectivity index is 1.71. The van der Waals surface area contributed by atoms with Crippen molar-refractivity contribution in [3.63, 3.8) is 0 Å². The van der Waals surface area contributed by atoms with E-state index in [-0.39, 0.29) is 0 Å². The quantitative estimate of drug-likeness (QED) is 0.882. The lowest BCUT2D eigenvalue weighted by atomic mass is 9.78. The van der Waals surface area contributed by atoms with Crippen LogP contribution in [0.1, 0.15) is 28.8 Å². The van der Waals surface area contributed by atoms with E-state index >= 15 is 0 Å². The highest BCUT2D eigenvalue weighted by Gasteiger charge is 2.31. The predicted octanol–water partition coefficient (Wildman–Crippen LogP) is 4.36. The molecule has 1 aromatic heterocycles. The number of hydrogen-bond donors (Lipinski definition) is 1. The Labute approximate surface area is 126 Å². The zero-order chi connectivity index (χ0) is 13.3. The van der Waals surface area contributed by atoms with Gasteiger partial charge in [-0.15, -0.1) is 11.3 Å². The van der Waals surface area contributed by atoms with Crippen molar-refractivity contribution < 1.29 is 5.11 Å². The van der Waals surface area contributed by atoms with E-state index in [1.807, 2.05) is 0 Å². The van der Waals surface area contributed by atoms with E-state index in [4.69, 9.17) is 0 Å². The number of benzene rings is 1. The molecule has 3 rings (SSSR count). The van der Waals surface area contributed by atoms with Gasteiger partial charge in [0.25, 0.3) is 0 Å². The van der Waals surface area contributed by atoms with Crippen LogP contribution in [0.4, 0.5) is 0 Å². The van der Waals surface area contributed by atoms with E-state index in [0.717, 1.165) is 36.6 Å². The summed E-state index contributed by atoms with van der Waals surface area (Å²) >= 11 is 5.30. The van der Waals surface area contributed by atoms with E-state index in [0.29, 0.717) is 0 Å². The van der Waals surface area contributed by atoms with E-state index in [1.165, 1.54) is 16.0 Å². The Morgan fingerprint density at radius 2 is 2.16 bits per heavy atom. The molecular formula is C16H17BrOS. The number of halogens is 1. The minimum absolute atomic E-state index is 0.523. The zero-order valence-corrected chi connectivity index (χ0v) is 13.1. The van der Waals surface area contributed by atoms with Gasteiger partial charge < -0.3 is 5.11 Å². The van der Waals surface area contributed by atoms with Gasteiger partial charge in [0, 0.05) is 15.8 Å². The molecule has 0 spiro atoms. The lowest BCUT2D eigenvalue weighted by Crippen LogP contribution is -2.36. The minimum atomic E-state index is -0.523. The van der Waals surface area contributed by atoms with Crippen molar-refractivity contribution in [3.8, 4) is 0 Å². The maximum Gasteiger partial charge on any atom is 0.0694 e. The molecule has 1 aromatic carbocycles. The van der Waals surface area contributed by atoms with Crippen molar-refractivity contribution in [2.24, 2.45) is 0 Å². The zero-order valence-electron chi connectivity index (χ0n) is 10.7. The average molecular weight is 337 g/mol. The van der Waals surface area contributed by atoms with Crippen molar-refractivity contribution in [3.05, 3.63) is 56.2 Å².